The lowest BCUT2D eigenvalue weighted by Gasteiger charge is -2.09. The predicted octanol–water partition coefficient (Wildman–Crippen LogP) is 4.22. The van der Waals surface area contributed by atoms with Gasteiger partial charge in [-0.3, -0.25) is 4.79 Å². The van der Waals surface area contributed by atoms with Crippen molar-refractivity contribution in [1.29, 1.82) is 0 Å². The minimum Gasteiger partial charge on any atom is -0.398 e. The van der Waals surface area contributed by atoms with E-state index >= 15 is 0 Å². The van der Waals surface area contributed by atoms with Crippen LogP contribution in [0.1, 0.15) is 10.4 Å². The van der Waals surface area contributed by atoms with Gasteiger partial charge in [0.05, 0.1) is 15.7 Å². The van der Waals surface area contributed by atoms with Crippen LogP contribution in [0, 0.1) is 11.6 Å². The number of hydrogen-bond donors (Lipinski definition) is 2. The average molecular weight is 362 g/mol. The molecular weight excluding hydrogens is 354 g/mol. The number of nitrogens with two attached hydrogens (primary N) is 1. The van der Waals surface area contributed by atoms with Gasteiger partial charge in [-0.05, 0) is 40.2 Å². The van der Waals surface area contributed by atoms with Crippen LogP contribution in [0.5, 0.6) is 0 Å². The summed E-state index contributed by atoms with van der Waals surface area (Å²) in [7, 11) is 0. The van der Waals surface area contributed by atoms with Crippen LogP contribution in [-0.4, -0.2) is 5.91 Å². The fraction of sp³-hybridized carbons (Fsp3) is 0. The van der Waals surface area contributed by atoms with Gasteiger partial charge in [0.2, 0.25) is 0 Å². The zero-order valence-corrected chi connectivity index (χ0v) is 12.2. The van der Waals surface area contributed by atoms with E-state index in [0.717, 1.165) is 12.1 Å². The average Bonchev–Trinajstić information content (AvgIpc) is 2.38. The molecule has 2 aromatic carbocycles. The molecule has 0 spiro atoms. The fourth-order valence-electron chi connectivity index (χ4n) is 1.53. The topological polar surface area (TPSA) is 55.1 Å². The molecule has 2 rings (SSSR count). The second-order valence-corrected chi connectivity index (χ2v) is 5.22. The maximum Gasteiger partial charge on any atom is 0.257 e. The molecule has 20 heavy (non-hydrogen) atoms. The van der Waals surface area contributed by atoms with Crippen LogP contribution in [0.2, 0.25) is 5.02 Å². The largest absolute Gasteiger partial charge is 0.398 e. The number of carbonyl (C=O) groups is 1. The number of rotatable bonds is 2. The van der Waals surface area contributed by atoms with E-state index in [1.54, 1.807) is 0 Å². The fourth-order valence-corrected chi connectivity index (χ4v) is 2.02. The Morgan fingerprint density at radius 1 is 1.20 bits per heavy atom. The number of halogens is 4. The molecule has 0 aliphatic carbocycles. The first-order valence-corrected chi connectivity index (χ1v) is 6.56. The van der Waals surface area contributed by atoms with Crippen LogP contribution in [0.15, 0.2) is 34.8 Å². The third-order valence-corrected chi connectivity index (χ3v) is 3.36. The van der Waals surface area contributed by atoms with Gasteiger partial charge in [-0.25, -0.2) is 8.78 Å². The van der Waals surface area contributed by atoms with Crippen LogP contribution in [0.25, 0.3) is 0 Å². The second kappa shape index (κ2) is 5.76. The number of amides is 1. The maximum absolute atomic E-state index is 13.6. The standard InChI is InChI=1S/C13H8BrClF2N2O/c14-8-4-10(17)12(5-9(8)16)19-13(20)7-3-6(15)1-2-11(7)18/h1-5H,18H2,(H,19,20). The third kappa shape index (κ3) is 3.08. The van der Waals surface area contributed by atoms with Gasteiger partial charge >= 0.3 is 0 Å². The number of benzene rings is 2. The molecule has 0 aliphatic heterocycles. The number of anilines is 2. The van der Waals surface area contributed by atoms with Gasteiger partial charge in [0.1, 0.15) is 11.6 Å². The summed E-state index contributed by atoms with van der Waals surface area (Å²) in [5.41, 5.74) is 5.63. The smallest absolute Gasteiger partial charge is 0.257 e. The van der Waals surface area contributed by atoms with Crippen molar-refractivity contribution in [2.75, 3.05) is 11.1 Å². The van der Waals surface area contributed by atoms with Crippen molar-refractivity contribution in [3.8, 4) is 0 Å². The Labute approximate surface area is 126 Å². The highest BCUT2D eigenvalue weighted by Crippen LogP contribution is 2.25. The Balaban J connectivity index is 2.32. The van der Waals surface area contributed by atoms with E-state index in [-0.39, 0.29) is 21.4 Å². The van der Waals surface area contributed by atoms with E-state index in [1.165, 1.54) is 18.2 Å². The molecule has 0 fully saturated rings. The minimum atomic E-state index is -0.771. The lowest BCUT2D eigenvalue weighted by molar-refractivity contribution is 0.102. The van der Waals surface area contributed by atoms with Gasteiger partial charge < -0.3 is 11.1 Å². The Kier molecular flexibility index (Phi) is 4.25. The van der Waals surface area contributed by atoms with Crippen LogP contribution in [-0.2, 0) is 0 Å². The summed E-state index contributed by atoms with van der Waals surface area (Å²) in [5, 5.41) is 2.56. The van der Waals surface area contributed by atoms with Gasteiger partial charge in [0.25, 0.3) is 5.91 Å². The molecule has 0 aromatic heterocycles. The van der Waals surface area contributed by atoms with Gasteiger partial charge in [0, 0.05) is 16.8 Å². The zero-order valence-electron chi connectivity index (χ0n) is 9.88. The van der Waals surface area contributed by atoms with Crippen molar-refractivity contribution >= 4 is 44.8 Å². The van der Waals surface area contributed by atoms with Gasteiger partial charge in [0.15, 0.2) is 0 Å². The third-order valence-electron chi connectivity index (χ3n) is 2.52. The Morgan fingerprint density at radius 2 is 1.90 bits per heavy atom. The van der Waals surface area contributed by atoms with E-state index in [1.807, 2.05) is 0 Å². The Hall–Kier alpha value is -1.66. The van der Waals surface area contributed by atoms with Crippen LogP contribution in [0.4, 0.5) is 20.2 Å². The van der Waals surface area contributed by atoms with Gasteiger partial charge in [-0.15, -0.1) is 0 Å². The van der Waals surface area contributed by atoms with Crippen molar-refractivity contribution in [3.05, 3.63) is 57.0 Å². The molecule has 0 aliphatic rings. The highest BCUT2D eigenvalue weighted by atomic mass is 79.9. The first-order valence-electron chi connectivity index (χ1n) is 5.39. The summed E-state index contributed by atoms with van der Waals surface area (Å²) in [6, 6.07) is 6.12. The molecule has 2 aromatic rings. The quantitative estimate of drug-likeness (QED) is 0.622. The van der Waals surface area contributed by atoms with Crippen LogP contribution in [0.3, 0.4) is 0 Å². The Morgan fingerprint density at radius 3 is 2.60 bits per heavy atom. The van der Waals surface area contributed by atoms with Crippen molar-refractivity contribution in [1.82, 2.24) is 0 Å². The van der Waals surface area contributed by atoms with Crippen molar-refractivity contribution in [2.24, 2.45) is 0 Å². The molecule has 0 saturated carbocycles. The van der Waals surface area contributed by atoms with Crippen molar-refractivity contribution in [2.45, 2.75) is 0 Å². The van der Waals surface area contributed by atoms with E-state index in [2.05, 4.69) is 21.2 Å². The summed E-state index contributed by atoms with van der Waals surface area (Å²) in [5.74, 6) is -2.14. The van der Waals surface area contributed by atoms with E-state index in [9.17, 15) is 13.6 Å². The van der Waals surface area contributed by atoms with Crippen molar-refractivity contribution in [3.63, 3.8) is 0 Å². The predicted molar refractivity (Wildman–Crippen MR) is 77.9 cm³/mol. The highest BCUT2D eigenvalue weighted by Gasteiger charge is 2.14. The summed E-state index contributed by atoms with van der Waals surface area (Å²) in [6.07, 6.45) is 0. The molecule has 3 N–H and O–H groups in total. The molecule has 0 heterocycles. The first kappa shape index (κ1) is 14.7. The number of nitrogen functional groups attached to an aromatic ring is 1. The molecule has 0 radical (unpaired) electrons. The van der Waals surface area contributed by atoms with Gasteiger partial charge in [-0.1, -0.05) is 11.6 Å². The summed E-state index contributed by atoms with van der Waals surface area (Å²) < 4.78 is 26.9. The van der Waals surface area contributed by atoms with Crippen LogP contribution < -0.4 is 11.1 Å². The SMILES string of the molecule is Nc1ccc(Cl)cc1C(=O)Nc1cc(F)c(Br)cc1F. The molecule has 7 heteroatoms. The lowest BCUT2D eigenvalue weighted by Crippen LogP contribution is -2.15. The summed E-state index contributed by atoms with van der Waals surface area (Å²) in [4.78, 5) is 12.0. The zero-order chi connectivity index (χ0) is 14.9. The van der Waals surface area contributed by atoms with E-state index in [4.69, 9.17) is 17.3 Å². The molecule has 3 nitrogen and oxygen atoms in total. The number of hydrogen-bond acceptors (Lipinski definition) is 2. The monoisotopic (exact) mass is 360 g/mol. The second-order valence-electron chi connectivity index (χ2n) is 3.93. The van der Waals surface area contributed by atoms with Gasteiger partial charge in [-0.2, -0.15) is 0 Å². The molecule has 104 valence electrons. The molecular formula is C13H8BrClF2N2O. The number of nitrogens with one attached hydrogen (secondary N) is 1. The van der Waals surface area contributed by atoms with E-state index < -0.39 is 17.5 Å². The highest BCUT2D eigenvalue weighted by molar-refractivity contribution is 9.10. The first-order chi connectivity index (χ1) is 9.38. The van der Waals surface area contributed by atoms with Crippen molar-refractivity contribution < 1.29 is 13.6 Å². The Bertz CT molecular complexity index is 694. The number of carbonyl (C=O) groups excluding carboxylic acids is 1. The molecule has 0 atom stereocenters. The normalized spacial score (nSPS) is 10.4. The molecule has 0 unspecified atom stereocenters. The summed E-state index contributed by atoms with van der Waals surface area (Å²) in [6.45, 7) is 0. The molecule has 1 amide bonds. The lowest BCUT2D eigenvalue weighted by atomic mass is 10.1. The van der Waals surface area contributed by atoms with Crippen LogP contribution >= 0.6 is 27.5 Å². The van der Waals surface area contributed by atoms with E-state index in [0.29, 0.717) is 5.02 Å². The maximum atomic E-state index is 13.6. The molecule has 0 bridgehead atoms. The summed E-state index contributed by atoms with van der Waals surface area (Å²) >= 11 is 8.61. The molecule has 0 saturated heterocycles. The minimum absolute atomic E-state index is 0.0322.